The van der Waals surface area contributed by atoms with Gasteiger partial charge in [0.05, 0.1) is 16.7 Å². The topological polar surface area (TPSA) is 148 Å². The lowest BCUT2D eigenvalue weighted by atomic mass is 10.1. The number of rotatable bonds is 11. The summed E-state index contributed by atoms with van der Waals surface area (Å²) in [6.45, 7) is -0.118. The SMILES string of the molecule is O=C(OC[C@H]1O[C@@H](n2cnc(C(=O)NCc3ccccc3)n2)[C@H](OC(=O)c2ccccc2)[C@@H]1OC(=O)c1ccccc1)c1ccccc1. The number of aromatic nitrogens is 3. The lowest BCUT2D eigenvalue weighted by Gasteiger charge is -2.24. The number of hydrogen-bond donors (Lipinski definition) is 1. The Labute approximate surface area is 275 Å². The summed E-state index contributed by atoms with van der Waals surface area (Å²) in [5.41, 5.74) is 1.67. The lowest BCUT2D eigenvalue weighted by Crippen LogP contribution is -2.41. The zero-order valence-electron chi connectivity index (χ0n) is 25.5. The van der Waals surface area contributed by atoms with Gasteiger partial charge in [-0.2, -0.15) is 0 Å². The molecule has 48 heavy (non-hydrogen) atoms. The molecule has 4 atom stereocenters. The van der Waals surface area contributed by atoms with Crippen molar-refractivity contribution in [2.75, 3.05) is 6.61 Å². The van der Waals surface area contributed by atoms with Crippen molar-refractivity contribution < 1.29 is 38.1 Å². The van der Waals surface area contributed by atoms with Crippen LogP contribution in [0.4, 0.5) is 0 Å². The van der Waals surface area contributed by atoms with E-state index in [0.29, 0.717) is 5.56 Å². The normalized spacial score (nSPS) is 18.4. The van der Waals surface area contributed by atoms with E-state index in [-0.39, 0.29) is 30.1 Å². The van der Waals surface area contributed by atoms with E-state index >= 15 is 0 Å². The van der Waals surface area contributed by atoms with Crippen molar-refractivity contribution in [3.63, 3.8) is 0 Å². The Balaban J connectivity index is 1.29. The van der Waals surface area contributed by atoms with Gasteiger partial charge in [0.25, 0.3) is 5.91 Å². The zero-order chi connectivity index (χ0) is 33.3. The Kier molecular flexibility index (Phi) is 9.92. The number of ether oxygens (including phenoxy) is 4. The van der Waals surface area contributed by atoms with E-state index in [4.69, 9.17) is 18.9 Å². The lowest BCUT2D eigenvalue weighted by molar-refractivity contribution is -0.0673. The molecule has 1 amide bonds. The molecule has 1 saturated heterocycles. The Bertz CT molecular complexity index is 1850. The summed E-state index contributed by atoms with van der Waals surface area (Å²) < 4.78 is 24.9. The highest BCUT2D eigenvalue weighted by Gasteiger charge is 2.52. The van der Waals surface area contributed by atoms with Crippen LogP contribution in [0.1, 0.15) is 53.5 Å². The molecule has 0 bridgehead atoms. The van der Waals surface area contributed by atoms with Crippen LogP contribution in [0.3, 0.4) is 0 Å². The van der Waals surface area contributed by atoms with Gasteiger partial charge in [0, 0.05) is 6.54 Å². The van der Waals surface area contributed by atoms with Crippen molar-refractivity contribution in [3.05, 3.63) is 156 Å². The molecule has 6 rings (SSSR count). The Morgan fingerprint density at radius 3 is 1.73 bits per heavy atom. The summed E-state index contributed by atoms with van der Waals surface area (Å²) in [5, 5.41) is 7.08. The van der Waals surface area contributed by atoms with Gasteiger partial charge < -0.3 is 24.3 Å². The standard InChI is InChI=1S/C36H30N4O8/c41-32(37-21-24-13-5-1-6-14-24)31-38-23-40(39-31)33-30(48-36(44)27-19-11-4-12-20-27)29(47-35(43)26-17-9-3-10-18-26)28(46-33)22-45-34(42)25-15-7-2-8-16-25/h1-20,23,28-30,33H,21-22H2,(H,37,41)/t28-,29-,30-,33-/m1/s1. The molecule has 5 aromatic rings. The summed E-state index contributed by atoms with van der Waals surface area (Å²) in [7, 11) is 0. The van der Waals surface area contributed by atoms with Crippen LogP contribution in [0.15, 0.2) is 128 Å². The molecule has 4 aromatic carbocycles. The van der Waals surface area contributed by atoms with E-state index in [1.54, 1.807) is 91.0 Å². The molecule has 1 aromatic heterocycles. The van der Waals surface area contributed by atoms with Gasteiger partial charge in [-0.25, -0.2) is 24.0 Å². The van der Waals surface area contributed by atoms with Gasteiger partial charge in [0.2, 0.25) is 5.82 Å². The van der Waals surface area contributed by atoms with Crippen LogP contribution < -0.4 is 5.32 Å². The molecule has 0 saturated carbocycles. The minimum absolute atomic E-state index is 0.167. The van der Waals surface area contributed by atoms with Crippen molar-refractivity contribution >= 4 is 23.8 Å². The number of carbonyl (C=O) groups excluding carboxylic acids is 4. The number of hydrogen-bond acceptors (Lipinski definition) is 10. The molecule has 12 heteroatoms. The van der Waals surface area contributed by atoms with Gasteiger partial charge in [-0.15, -0.1) is 5.10 Å². The molecular weight excluding hydrogens is 616 g/mol. The third-order valence-electron chi connectivity index (χ3n) is 7.45. The second-order valence-electron chi connectivity index (χ2n) is 10.7. The number of nitrogens with zero attached hydrogens (tertiary/aromatic N) is 3. The maximum absolute atomic E-state index is 13.4. The van der Waals surface area contributed by atoms with E-state index in [2.05, 4.69) is 15.4 Å². The maximum Gasteiger partial charge on any atom is 0.338 e. The van der Waals surface area contributed by atoms with Crippen LogP contribution >= 0.6 is 0 Å². The Morgan fingerprint density at radius 1 is 0.667 bits per heavy atom. The van der Waals surface area contributed by atoms with Gasteiger partial charge >= 0.3 is 17.9 Å². The molecule has 1 fully saturated rings. The van der Waals surface area contributed by atoms with Gasteiger partial charge in [-0.3, -0.25) is 4.79 Å². The smallest absolute Gasteiger partial charge is 0.338 e. The third-order valence-corrected chi connectivity index (χ3v) is 7.45. The summed E-state index contributed by atoms with van der Waals surface area (Å²) >= 11 is 0. The van der Waals surface area contributed by atoms with E-state index in [1.165, 1.54) is 11.0 Å². The maximum atomic E-state index is 13.4. The number of benzene rings is 4. The highest BCUT2D eigenvalue weighted by atomic mass is 16.7. The molecule has 0 spiro atoms. The van der Waals surface area contributed by atoms with Crippen LogP contribution in [0, 0.1) is 0 Å². The number of carbonyl (C=O) groups is 4. The van der Waals surface area contributed by atoms with Crippen molar-refractivity contribution in [2.24, 2.45) is 0 Å². The molecule has 0 radical (unpaired) electrons. The largest absolute Gasteiger partial charge is 0.459 e. The molecule has 1 aliphatic rings. The monoisotopic (exact) mass is 646 g/mol. The third kappa shape index (κ3) is 7.62. The summed E-state index contributed by atoms with van der Waals surface area (Å²) in [6, 6.07) is 34.2. The van der Waals surface area contributed by atoms with Gasteiger partial charge in [-0.05, 0) is 42.0 Å². The van der Waals surface area contributed by atoms with E-state index in [0.717, 1.165) is 5.56 Å². The highest BCUT2D eigenvalue weighted by Crippen LogP contribution is 2.35. The fourth-order valence-electron chi connectivity index (χ4n) is 5.03. The first-order valence-corrected chi connectivity index (χ1v) is 15.1. The minimum Gasteiger partial charge on any atom is -0.459 e. The summed E-state index contributed by atoms with van der Waals surface area (Å²) in [4.78, 5) is 56.6. The van der Waals surface area contributed by atoms with Crippen molar-refractivity contribution in [1.29, 1.82) is 0 Å². The first kappa shape index (κ1) is 31.8. The average molecular weight is 647 g/mol. The number of amides is 1. The first-order chi connectivity index (χ1) is 23.5. The second kappa shape index (κ2) is 15.0. The average Bonchev–Trinajstić information content (AvgIpc) is 3.76. The predicted octanol–water partition coefficient (Wildman–Crippen LogP) is 4.41. The highest BCUT2D eigenvalue weighted by molar-refractivity contribution is 5.91. The number of esters is 3. The fraction of sp³-hybridized carbons (Fsp3) is 0.167. The second-order valence-corrected chi connectivity index (χ2v) is 10.7. The Morgan fingerprint density at radius 2 is 1.17 bits per heavy atom. The zero-order valence-corrected chi connectivity index (χ0v) is 25.5. The van der Waals surface area contributed by atoms with E-state index < -0.39 is 48.4 Å². The molecule has 0 unspecified atom stereocenters. The van der Waals surface area contributed by atoms with Crippen molar-refractivity contribution in [3.8, 4) is 0 Å². The summed E-state index contributed by atoms with van der Waals surface area (Å²) in [6.07, 6.45) is -3.65. The van der Waals surface area contributed by atoms with Crippen LogP contribution in [0.25, 0.3) is 0 Å². The fourth-order valence-corrected chi connectivity index (χ4v) is 5.03. The van der Waals surface area contributed by atoms with Gasteiger partial charge in [0.15, 0.2) is 18.4 Å². The minimum atomic E-state index is -1.30. The van der Waals surface area contributed by atoms with E-state index in [1.807, 2.05) is 30.3 Å². The van der Waals surface area contributed by atoms with Crippen LogP contribution in [-0.2, 0) is 25.5 Å². The van der Waals surface area contributed by atoms with E-state index in [9.17, 15) is 19.2 Å². The van der Waals surface area contributed by atoms with Gasteiger partial charge in [-0.1, -0.05) is 84.9 Å². The quantitative estimate of drug-likeness (QED) is 0.162. The van der Waals surface area contributed by atoms with Crippen LogP contribution in [0.2, 0.25) is 0 Å². The van der Waals surface area contributed by atoms with Crippen molar-refractivity contribution in [1.82, 2.24) is 20.1 Å². The Hall–Kier alpha value is -6.14. The molecular formula is C36H30N4O8. The predicted molar refractivity (Wildman–Crippen MR) is 170 cm³/mol. The summed E-state index contributed by atoms with van der Waals surface area (Å²) in [5.74, 6) is -2.79. The number of nitrogens with one attached hydrogen (secondary N) is 1. The molecule has 2 heterocycles. The molecule has 1 aliphatic heterocycles. The van der Waals surface area contributed by atoms with Crippen LogP contribution in [0.5, 0.6) is 0 Å². The molecule has 1 N–H and O–H groups in total. The van der Waals surface area contributed by atoms with Crippen molar-refractivity contribution in [2.45, 2.75) is 31.1 Å². The molecule has 0 aliphatic carbocycles. The van der Waals surface area contributed by atoms with Crippen LogP contribution in [-0.4, -0.2) is 63.5 Å². The molecule has 12 nitrogen and oxygen atoms in total. The van der Waals surface area contributed by atoms with Gasteiger partial charge in [0.1, 0.15) is 19.0 Å². The first-order valence-electron chi connectivity index (χ1n) is 15.1. The molecule has 242 valence electrons.